The van der Waals surface area contributed by atoms with Crippen LogP contribution in [0, 0.1) is 0 Å². The molecule has 1 fully saturated rings. The van der Waals surface area contributed by atoms with E-state index in [1.165, 1.54) is 0 Å². The zero-order valence-electron chi connectivity index (χ0n) is 10.1. The van der Waals surface area contributed by atoms with Gasteiger partial charge in [0.1, 0.15) is 0 Å². The smallest absolute Gasteiger partial charge is 0.254 e. The maximum absolute atomic E-state index is 12.5. The highest BCUT2D eigenvalue weighted by Crippen LogP contribution is 2.20. The second-order valence-corrected chi connectivity index (χ2v) is 4.43. The Morgan fingerprint density at radius 1 is 1.00 bits per heavy atom. The molecule has 3 nitrogen and oxygen atoms in total. The standard InChI is InChI=1S/C15H15NO2/c17-15(16-8-10-18-11-9-16)14-7-3-5-12-4-1-2-6-13(12)14/h1-7H,8-11H2. The van der Waals surface area contributed by atoms with Crippen LogP contribution in [0.5, 0.6) is 0 Å². The van der Waals surface area contributed by atoms with E-state index in [4.69, 9.17) is 4.74 Å². The van der Waals surface area contributed by atoms with Crippen molar-refractivity contribution >= 4 is 16.7 Å². The van der Waals surface area contributed by atoms with Gasteiger partial charge in [0.2, 0.25) is 0 Å². The molecule has 1 amide bonds. The van der Waals surface area contributed by atoms with E-state index in [-0.39, 0.29) is 5.91 Å². The molecule has 0 aromatic heterocycles. The number of carbonyl (C=O) groups is 1. The number of nitrogens with zero attached hydrogens (tertiary/aromatic N) is 1. The Labute approximate surface area is 106 Å². The molecule has 0 atom stereocenters. The Bertz CT molecular complexity index is 568. The van der Waals surface area contributed by atoms with Gasteiger partial charge in [-0.3, -0.25) is 4.79 Å². The predicted molar refractivity (Wildman–Crippen MR) is 70.7 cm³/mol. The molecule has 1 aliphatic rings. The highest BCUT2D eigenvalue weighted by atomic mass is 16.5. The molecule has 92 valence electrons. The third-order valence-electron chi connectivity index (χ3n) is 3.32. The van der Waals surface area contributed by atoms with E-state index in [9.17, 15) is 4.79 Å². The molecular weight excluding hydrogens is 226 g/mol. The van der Waals surface area contributed by atoms with Gasteiger partial charge in [-0.05, 0) is 16.8 Å². The number of amides is 1. The molecule has 0 aliphatic carbocycles. The number of fused-ring (bicyclic) bond motifs is 1. The summed E-state index contributed by atoms with van der Waals surface area (Å²) in [7, 11) is 0. The third kappa shape index (κ3) is 1.97. The van der Waals surface area contributed by atoms with Gasteiger partial charge in [0.05, 0.1) is 13.2 Å². The second kappa shape index (κ2) is 4.78. The van der Waals surface area contributed by atoms with Gasteiger partial charge in [0.15, 0.2) is 0 Å². The van der Waals surface area contributed by atoms with Crippen molar-refractivity contribution in [1.29, 1.82) is 0 Å². The molecular formula is C15H15NO2. The number of rotatable bonds is 1. The lowest BCUT2D eigenvalue weighted by molar-refractivity contribution is 0.0304. The van der Waals surface area contributed by atoms with Crippen molar-refractivity contribution in [1.82, 2.24) is 4.90 Å². The van der Waals surface area contributed by atoms with Crippen LogP contribution in [-0.2, 0) is 4.74 Å². The van der Waals surface area contributed by atoms with Gasteiger partial charge in [-0.15, -0.1) is 0 Å². The average Bonchev–Trinajstić information content (AvgIpc) is 2.47. The van der Waals surface area contributed by atoms with E-state index < -0.39 is 0 Å². The highest BCUT2D eigenvalue weighted by molar-refractivity contribution is 6.07. The molecule has 0 bridgehead atoms. The first-order chi connectivity index (χ1) is 8.86. The van der Waals surface area contributed by atoms with Crippen molar-refractivity contribution < 1.29 is 9.53 Å². The van der Waals surface area contributed by atoms with Crippen molar-refractivity contribution in [3.05, 3.63) is 48.0 Å². The quantitative estimate of drug-likeness (QED) is 0.766. The van der Waals surface area contributed by atoms with Crippen LogP contribution in [-0.4, -0.2) is 37.1 Å². The average molecular weight is 241 g/mol. The molecule has 0 N–H and O–H groups in total. The molecule has 2 aromatic carbocycles. The summed E-state index contributed by atoms with van der Waals surface area (Å²) in [5, 5.41) is 2.13. The number of ether oxygens (including phenoxy) is 1. The Balaban J connectivity index is 2.00. The highest BCUT2D eigenvalue weighted by Gasteiger charge is 2.19. The molecule has 18 heavy (non-hydrogen) atoms. The van der Waals surface area contributed by atoms with Crippen LogP contribution in [0.25, 0.3) is 10.8 Å². The van der Waals surface area contributed by atoms with Crippen LogP contribution in [0.2, 0.25) is 0 Å². The van der Waals surface area contributed by atoms with E-state index in [1.54, 1.807) is 0 Å². The summed E-state index contributed by atoms with van der Waals surface area (Å²) in [6, 6.07) is 13.9. The van der Waals surface area contributed by atoms with Crippen LogP contribution in [0.1, 0.15) is 10.4 Å². The largest absolute Gasteiger partial charge is 0.378 e. The minimum absolute atomic E-state index is 0.107. The van der Waals surface area contributed by atoms with Crippen LogP contribution < -0.4 is 0 Å². The monoisotopic (exact) mass is 241 g/mol. The van der Waals surface area contributed by atoms with Crippen molar-refractivity contribution in [3.8, 4) is 0 Å². The summed E-state index contributed by atoms with van der Waals surface area (Å²) in [6.07, 6.45) is 0. The predicted octanol–water partition coefficient (Wildman–Crippen LogP) is 2.31. The molecule has 0 radical (unpaired) electrons. The van der Waals surface area contributed by atoms with E-state index in [0.717, 1.165) is 16.3 Å². The normalized spacial score (nSPS) is 15.9. The molecule has 0 saturated carbocycles. The van der Waals surface area contributed by atoms with Gasteiger partial charge in [-0.25, -0.2) is 0 Å². The fraction of sp³-hybridized carbons (Fsp3) is 0.267. The first-order valence-corrected chi connectivity index (χ1v) is 6.21. The van der Waals surface area contributed by atoms with Gasteiger partial charge in [0, 0.05) is 18.7 Å². The van der Waals surface area contributed by atoms with Crippen LogP contribution >= 0.6 is 0 Å². The fourth-order valence-corrected chi connectivity index (χ4v) is 2.35. The lowest BCUT2D eigenvalue weighted by Gasteiger charge is -2.27. The van der Waals surface area contributed by atoms with Crippen molar-refractivity contribution in [2.45, 2.75) is 0 Å². The van der Waals surface area contributed by atoms with Crippen molar-refractivity contribution in [2.24, 2.45) is 0 Å². The molecule has 3 rings (SSSR count). The van der Waals surface area contributed by atoms with E-state index in [1.807, 2.05) is 47.4 Å². The lowest BCUT2D eigenvalue weighted by Crippen LogP contribution is -2.40. The Kier molecular flexibility index (Phi) is 2.99. The van der Waals surface area contributed by atoms with Gasteiger partial charge in [-0.1, -0.05) is 36.4 Å². The van der Waals surface area contributed by atoms with Gasteiger partial charge >= 0.3 is 0 Å². The minimum atomic E-state index is 0.107. The van der Waals surface area contributed by atoms with Gasteiger partial charge < -0.3 is 9.64 Å². The molecule has 0 unspecified atom stereocenters. The number of morpholine rings is 1. The first kappa shape index (κ1) is 11.2. The van der Waals surface area contributed by atoms with Gasteiger partial charge in [0.25, 0.3) is 5.91 Å². The van der Waals surface area contributed by atoms with E-state index >= 15 is 0 Å². The molecule has 1 saturated heterocycles. The minimum Gasteiger partial charge on any atom is -0.378 e. The number of hydrogen-bond donors (Lipinski definition) is 0. The lowest BCUT2D eigenvalue weighted by atomic mass is 10.0. The summed E-state index contributed by atoms with van der Waals surface area (Å²) in [5.74, 6) is 0.107. The number of carbonyl (C=O) groups excluding carboxylic acids is 1. The van der Waals surface area contributed by atoms with Crippen LogP contribution in [0.3, 0.4) is 0 Å². The summed E-state index contributed by atoms with van der Waals surface area (Å²) in [6.45, 7) is 2.64. The molecule has 1 aliphatic heterocycles. The van der Waals surface area contributed by atoms with Crippen molar-refractivity contribution in [2.75, 3.05) is 26.3 Å². The number of hydrogen-bond acceptors (Lipinski definition) is 2. The Morgan fingerprint density at radius 3 is 2.56 bits per heavy atom. The maximum Gasteiger partial charge on any atom is 0.254 e. The summed E-state index contributed by atoms with van der Waals surface area (Å²) < 4.78 is 5.28. The summed E-state index contributed by atoms with van der Waals surface area (Å²) in [4.78, 5) is 14.4. The van der Waals surface area contributed by atoms with Crippen LogP contribution in [0.15, 0.2) is 42.5 Å². The summed E-state index contributed by atoms with van der Waals surface area (Å²) >= 11 is 0. The number of benzene rings is 2. The van der Waals surface area contributed by atoms with Crippen molar-refractivity contribution in [3.63, 3.8) is 0 Å². The molecule has 1 heterocycles. The zero-order valence-corrected chi connectivity index (χ0v) is 10.1. The second-order valence-electron chi connectivity index (χ2n) is 4.43. The molecule has 3 heteroatoms. The van der Waals surface area contributed by atoms with E-state index in [0.29, 0.717) is 26.3 Å². The SMILES string of the molecule is O=C(c1cccc2ccccc12)N1CCOCC1. The molecule has 0 spiro atoms. The van der Waals surface area contributed by atoms with Crippen LogP contribution in [0.4, 0.5) is 0 Å². The van der Waals surface area contributed by atoms with E-state index in [2.05, 4.69) is 0 Å². The summed E-state index contributed by atoms with van der Waals surface area (Å²) in [5.41, 5.74) is 0.787. The third-order valence-corrected chi connectivity index (χ3v) is 3.32. The zero-order chi connectivity index (χ0) is 12.4. The molecule has 2 aromatic rings. The topological polar surface area (TPSA) is 29.5 Å². The Morgan fingerprint density at radius 2 is 1.72 bits per heavy atom. The Hall–Kier alpha value is -1.87. The first-order valence-electron chi connectivity index (χ1n) is 6.21. The maximum atomic E-state index is 12.5. The van der Waals surface area contributed by atoms with Gasteiger partial charge in [-0.2, -0.15) is 0 Å². The fourth-order valence-electron chi connectivity index (χ4n) is 2.35.